The SMILES string of the molecule is CN(C)CC1CCCN1c1cccc(C#N)c1N. The average Bonchev–Trinajstić information content (AvgIpc) is 2.76. The van der Waals surface area contributed by atoms with Crippen molar-refractivity contribution in [3.8, 4) is 6.07 Å². The molecule has 0 spiro atoms. The molecule has 1 aliphatic rings. The topological polar surface area (TPSA) is 56.3 Å². The Morgan fingerprint density at radius 2 is 2.28 bits per heavy atom. The summed E-state index contributed by atoms with van der Waals surface area (Å²) in [6.45, 7) is 2.05. The lowest BCUT2D eigenvalue weighted by molar-refractivity contribution is 0.372. The number of benzene rings is 1. The molecule has 18 heavy (non-hydrogen) atoms. The van der Waals surface area contributed by atoms with Crippen molar-refractivity contribution in [3.05, 3.63) is 23.8 Å². The third-order valence-electron chi connectivity index (χ3n) is 3.47. The van der Waals surface area contributed by atoms with Crippen molar-refractivity contribution in [1.82, 2.24) is 4.90 Å². The Bertz CT molecular complexity index is 461. The van der Waals surface area contributed by atoms with Crippen molar-refractivity contribution in [2.45, 2.75) is 18.9 Å². The molecule has 4 nitrogen and oxygen atoms in total. The van der Waals surface area contributed by atoms with Crippen LogP contribution in [-0.2, 0) is 0 Å². The molecular weight excluding hydrogens is 224 g/mol. The summed E-state index contributed by atoms with van der Waals surface area (Å²) in [5.41, 5.74) is 8.29. The molecule has 1 aromatic rings. The van der Waals surface area contributed by atoms with Crippen molar-refractivity contribution < 1.29 is 0 Å². The van der Waals surface area contributed by atoms with Gasteiger partial charge < -0.3 is 15.5 Å². The van der Waals surface area contributed by atoms with Gasteiger partial charge in [0.15, 0.2) is 0 Å². The second-order valence-corrected chi connectivity index (χ2v) is 5.10. The van der Waals surface area contributed by atoms with Gasteiger partial charge >= 0.3 is 0 Å². The summed E-state index contributed by atoms with van der Waals surface area (Å²) < 4.78 is 0. The minimum absolute atomic E-state index is 0.497. The van der Waals surface area contributed by atoms with E-state index in [1.165, 1.54) is 12.8 Å². The molecular formula is C14H20N4. The zero-order valence-electron chi connectivity index (χ0n) is 11.1. The number of hydrogen-bond donors (Lipinski definition) is 1. The lowest BCUT2D eigenvalue weighted by Crippen LogP contribution is -2.37. The molecule has 1 aliphatic heterocycles. The van der Waals surface area contributed by atoms with Gasteiger partial charge in [-0.25, -0.2) is 0 Å². The van der Waals surface area contributed by atoms with Crippen molar-refractivity contribution >= 4 is 11.4 Å². The molecule has 0 radical (unpaired) electrons. The van der Waals surface area contributed by atoms with Gasteiger partial charge in [-0.1, -0.05) is 6.07 Å². The van der Waals surface area contributed by atoms with Crippen LogP contribution in [0.4, 0.5) is 11.4 Å². The van der Waals surface area contributed by atoms with Crippen LogP contribution in [0.3, 0.4) is 0 Å². The molecule has 1 atom stereocenters. The number of nitrogens with zero attached hydrogens (tertiary/aromatic N) is 3. The zero-order chi connectivity index (χ0) is 13.1. The summed E-state index contributed by atoms with van der Waals surface area (Å²) >= 11 is 0. The van der Waals surface area contributed by atoms with Crippen molar-refractivity contribution in [3.63, 3.8) is 0 Å². The number of anilines is 2. The summed E-state index contributed by atoms with van der Waals surface area (Å²) in [6, 6.07) is 8.35. The number of nitrogen functional groups attached to an aromatic ring is 1. The molecule has 0 aliphatic carbocycles. The van der Waals surface area contributed by atoms with E-state index in [2.05, 4.69) is 30.0 Å². The molecule has 1 fully saturated rings. The lowest BCUT2D eigenvalue weighted by Gasteiger charge is -2.30. The Morgan fingerprint density at radius 1 is 1.50 bits per heavy atom. The fourth-order valence-electron chi connectivity index (χ4n) is 2.67. The summed E-state index contributed by atoms with van der Waals surface area (Å²) in [5, 5.41) is 9.04. The number of para-hydroxylation sites is 1. The molecule has 0 bridgehead atoms. The number of likely N-dealkylation sites (N-methyl/N-ethyl adjacent to an activating group) is 1. The van der Waals surface area contributed by atoms with E-state index in [4.69, 9.17) is 11.0 Å². The Labute approximate surface area is 109 Å². The largest absolute Gasteiger partial charge is 0.396 e. The van der Waals surface area contributed by atoms with Crippen LogP contribution in [0.25, 0.3) is 0 Å². The quantitative estimate of drug-likeness (QED) is 0.822. The van der Waals surface area contributed by atoms with Gasteiger partial charge in [-0.3, -0.25) is 0 Å². The molecule has 2 rings (SSSR count). The summed E-state index contributed by atoms with van der Waals surface area (Å²) in [4.78, 5) is 4.55. The predicted octanol–water partition coefficient (Wildman–Crippen LogP) is 1.67. The van der Waals surface area contributed by atoms with Gasteiger partial charge in [0, 0.05) is 19.1 Å². The molecule has 1 unspecified atom stereocenters. The highest BCUT2D eigenvalue weighted by molar-refractivity contribution is 5.74. The number of nitriles is 1. The Kier molecular flexibility index (Phi) is 3.73. The minimum atomic E-state index is 0.497. The van der Waals surface area contributed by atoms with Crippen LogP contribution in [0.5, 0.6) is 0 Å². The number of rotatable bonds is 3. The van der Waals surface area contributed by atoms with Crippen LogP contribution >= 0.6 is 0 Å². The fourth-order valence-corrected chi connectivity index (χ4v) is 2.67. The highest BCUT2D eigenvalue weighted by atomic mass is 15.2. The minimum Gasteiger partial charge on any atom is -0.396 e. The molecule has 0 aromatic heterocycles. The average molecular weight is 244 g/mol. The van der Waals surface area contributed by atoms with E-state index in [1.54, 1.807) is 6.07 Å². The van der Waals surface area contributed by atoms with Gasteiger partial charge in [-0.2, -0.15) is 5.26 Å². The third kappa shape index (κ3) is 2.41. The zero-order valence-corrected chi connectivity index (χ0v) is 11.1. The third-order valence-corrected chi connectivity index (χ3v) is 3.47. The standard InChI is InChI=1S/C14H20N4/c1-17(2)10-12-6-4-8-18(12)13-7-3-5-11(9-15)14(13)16/h3,5,7,12H,4,6,8,10,16H2,1-2H3. The van der Waals surface area contributed by atoms with Crippen molar-refractivity contribution in [2.24, 2.45) is 0 Å². The van der Waals surface area contributed by atoms with Crippen LogP contribution in [0.2, 0.25) is 0 Å². The van der Waals surface area contributed by atoms with Gasteiger partial charge in [0.25, 0.3) is 0 Å². The molecule has 1 heterocycles. The molecule has 1 saturated heterocycles. The first kappa shape index (κ1) is 12.7. The second kappa shape index (κ2) is 5.28. The van der Waals surface area contributed by atoms with Crippen LogP contribution < -0.4 is 10.6 Å². The summed E-state index contributed by atoms with van der Waals surface area (Å²) in [6.07, 6.45) is 2.38. The molecule has 96 valence electrons. The van der Waals surface area contributed by atoms with Crippen LogP contribution in [0, 0.1) is 11.3 Å². The highest BCUT2D eigenvalue weighted by Gasteiger charge is 2.26. The second-order valence-electron chi connectivity index (χ2n) is 5.10. The highest BCUT2D eigenvalue weighted by Crippen LogP contribution is 2.32. The van der Waals surface area contributed by atoms with Gasteiger partial charge in [-0.05, 0) is 39.1 Å². The summed E-state index contributed by atoms with van der Waals surface area (Å²) in [5.74, 6) is 0. The van der Waals surface area contributed by atoms with E-state index >= 15 is 0 Å². The van der Waals surface area contributed by atoms with Crippen molar-refractivity contribution in [1.29, 1.82) is 5.26 Å². The van der Waals surface area contributed by atoms with E-state index in [9.17, 15) is 0 Å². The van der Waals surface area contributed by atoms with Gasteiger partial charge in [0.05, 0.1) is 16.9 Å². The molecule has 4 heteroatoms. The maximum Gasteiger partial charge on any atom is 0.101 e. The van der Waals surface area contributed by atoms with Crippen LogP contribution in [0.1, 0.15) is 18.4 Å². The Balaban J connectivity index is 2.28. The van der Waals surface area contributed by atoms with Crippen LogP contribution in [-0.4, -0.2) is 38.1 Å². The van der Waals surface area contributed by atoms with E-state index in [1.807, 2.05) is 12.1 Å². The van der Waals surface area contributed by atoms with E-state index < -0.39 is 0 Å². The van der Waals surface area contributed by atoms with Gasteiger partial charge in [0.1, 0.15) is 6.07 Å². The van der Waals surface area contributed by atoms with Crippen molar-refractivity contribution in [2.75, 3.05) is 37.8 Å². The number of nitrogens with two attached hydrogens (primary N) is 1. The van der Waals surface area contributed by atoms with Crippen LogP contribution in [0.15, 0.2) is 18.2 Å². The lowest BCUT2D eigenvalue weighted by atomic mass is 10.1. The Morgan fingerprint density at radius 3 is 2.94 bits per heavy atom. The first-order chi connectivity index (χ1) is 8.63. The Hall–Kier alpha value is -1.73. The maximum atomic E-state index is 9.04. The maximum absolute atomic E-state index is 9.04. The first-order valence-electron chi connectivity index (χ1n) is 6.33. The monoisotopic (exact) mass is 244 g/mol. The summed E-state index contributed by atoms with van der Waals surface area (Å²) in [7, 11) is 4.18. The van der Waals surface area contributed by atoms with E-state index in [0.717, 1.165) is 18.8 Å². The molecule has 0 saturated carbocycles. The van der Waals surface area contributed by atoms with Gasteiger partial charge in [0.2, 0.25) is 0 Å². The van der Waals surface area contributed by atoms with Gasteiger partial charge in [-0.15, -0.1) is 0 Å². The smallest absolute Gasteiger partial charge is 0.101 e. The first-order valence-corrected chi connectivity index (χ1v) is 6.33. The molecule has 1 aromatic carbocycles. The number of hydrogen-bond acceptors (Lipinski definition) is 4. The van der Waals surface area contributed by atoms with E-state index in [-0.39, 0.29) is 0 Å². The normalized spacial score (nSPS) is 19.2. The fraction of sp³-hybridized carbons (Fsp3) is 0.500. The van der Waals surface area contributed by atoms with E-state index in [0.29, 0.717) is 17.3 Å². The molecule has 0 amide bonds. The molecule has 2 N–H and O–H groups in total. The predicted molar refractivity (Wildman–Crippen MR) is 74.5 cm³/mol.